The number of nitrogens with one attached hydrogen (secondary N) is 1. The van der Waals surface area contributed by atoms with Crippen LogP contribution >= 0.6 is 0 Å². The summed E-state index contributed by atoms with van der Waals surface area (Å²) in [4.78, 5) is 17.2. The first-order valence-corrected chi connectivity index (χ1v) is 8.97. The molecule has 4 rings (SSSR count). The number of carbonyl (C=O) groups excluding carboxylic acids is 1. The highest BCUT2D eigenvalue weighted by Gasteiger charge is 2.53. The van der Waals surface area contributed by atoms with E-state index >= 15 is 0 Å². The molecule has 0 radical (unpaired) electrons. The Bertz CT molecular complexity index is 994. The van der Waals surface area contributed by atoms with Crippen molar-refractivity contribution in [3.05, 3.63) is 71.4 Å². The third kappa shape index (κ3) is 3.12. The van der Waals surface area contributed by atoms with Gasteiger partial charge in [-0.25, -0.2) is 4.39 Å². The van der Waals surface area contributed by atoms with Crippen molar-refractivity contribution in [2.24, 2.45) is 0 Å². The van der Waals surface area contributed by atoms with E-state index in [1.807, 2.05) is 31.2 Å². The molecule has 6 heteroatoms. The van der Waals surface area contributed by atoms with Crippen LogP contribution in [0.4, 0.5) is 4.39 Å². The molecule has 0 bridgehead atoms. The largest absolute Gasteiger partial charge is 0.344 e. The standard InChI is InChI=1S/C21H20FN3O2/c1-13-7-3-4-8-15(13)18-24-19(27-25-18)14(2)23-20(26)21(11-12-21)16-9-5-6-10-17(16)22/h3-10,14H,11-12H2,1-2H3,(H,23,26)/t14-/m0/s1. The van der Waals surface area contributed by atoms with Crippen molar-refractivity contribution in [3.8, 4) is 11.4 Å². The Morgan fingerprint density at radius 3 is 2.59 bits per heavy atom. The highest BCUT2D eigenvalue weighted by atomic mass is 19.1. The van der Waals surface area contributed by atoms with Gasteiger partial charge in [0.25, 0.3) is 0 Å². The number of halogens is 1. The molecule has 138 valence electrons. The monoisotopic (exact) mass is 365 g/mol. The molecule has 0 spiro atoms. The second-order valence-corrected chi connectivity index (χ2v) is 7.03. The van der Waals surface area contributed by atoms with Gasteiger partial charge in [0.1, 0.15) is 11.9 Å². The fourth-order valence-corrected chi connectivity index (χ4v) is 3.33. The molecule has 1 heterocycles. The summed E-state index contributed by atoms with van der Waals surface area (Å²) in [7, 11) is 0. The maximum Gasteiger partial charge on any atom is 0.249 e. The summed E-state index contributed by atoms with van der Waals surface area (Å²) in [6.45, 7) is 3.76. The number of nitrogens with zero attached hydrogens (tertiary/aromatic N) is 2. The maximum atomic E-state index is 14.2. The first kappa shape index (κ1) is 17.4. The molecule has 1 N–H and O–H groups in total. The Morgan fingerprint density at radius 2 is 1.89 bits per heavy atom. The molecular formula is C21H20FN3O2. The van der Waals surface area contributed by atoms with Crippen molar-refractivity contribution >= 4 is 5.91 Å². The molecule has 1 aliphatic rings. The smallest absolute Gasteiger partial charge is 0.249 e. The number of aromatic nitrogens is 2. The van der Waals surface area contributed by atoms with Crippen LogP contribution in [0.15, 0.2) is 53.1 Å². The van der Waals surface area contributed by atoms with Crippen LogP contribution in [0.5, 0.6) is 0 Å². The van der Waals surface area contributed by atoms with E-state index in [9.17, 15) is 9.18 Å². The van der Waals surface area contributed by atoms with Gasteiger partial charge in [0, 0.05) is 11.1 Å². The van der Waals surface area contributed by atoms with Gasteiger partial charge in [0.15, 0.2) is 0 Å². The molecule has 1 fully saturated rings. The average Bonchev–Trinajstić information content (AvgIpc) is 3.32. The SMILES string of the molecule is Cc1ccccc1-c1noc([C@H](C)NC(=O)C2(c3ccccc3F)CC2)n1. The van der Waals surface area contributed by atoms with Crippen molar-refractivity contribution < 1.29 is 13.7 Å². The van der Waals surface area contributed by atoms with Crippen LogP contribution in [0.2, 0.25) is 0 Å². The Balaban J connectivity index is 1.52. The zero-order chi connectivity index (χ0) is 19.0. The lowest BCUT2D eigenvalue weighted by atomic mass is 9.94. The Morgan fingerprint density at radius 1 is 1.19 bits per heavy atom. The number of rotatable bonds is 5. The van der Waals surface area contributed by atoms with Crippen LogP contribution in [-0.2, 0) is 10.2 Å². The lowest BCUT2D eigenvalue weighted by Gasteiger charge is -2.18. The first-order chi connectivity index (χ1) is 13.0. The zero-order valence-electron chi connectivity index (χ0n) is 15.2. The van der Waals surface area contributed by atoms with E-state index in [2.05, 4.69) is 15.5 Å². The molecule has 2 aromatic carbocycles. The third-order valence-electron chi connectivity index (χ3n) is 5.12. The lowest BCUT2D eigenvalue weighted by Crippen LogP contribution is -2.37. The van der Waals surface area contributed by atoms with E-state index in [0.717, 1.165) is 11.1 Å². The van der Waals surface area contributed by atoms with Crippen LogP contribution in [0.1, 0.15) is 42.8 Å². The second-order valence-electron chi connectivity index (χ2n) is 7.03. The molecule has 5 nitrogen and oxygen atoms in total. The minimum atomic E-state index is -0.793. The Hall–Kier alpha value is -3.02. The van der Waals surface area contributed by atoms with E-state index in [0.29, 0.717) is 30.1 Å². The predicted molar refractivity (Wildman–Crippen MR) is 98.3 cm³/mol. The van der Waals surface area contributed by atoms with Gasteiger partial charge in [-0.3, -0.25) is 4.79 Å². The summed E-state index contributed by atoms with van der Waals surface area (Å²) in [6.07, 6.45) is 1.26. The van der Waals surface area contributed by atoms with E-state index in [1.165, 1.54) is 6.07 Å². The van der Waals surface area contributed by atoms with E-state index in [-0.39, 0.29) is 11.7 Å². The Kier molecular flexibility index (Phi) is 4.26. The topological polar surface area (TPSA) is 68.0 Å². The zero-order valence-corrected chi connectivity index (χ0v) is 15.2. The quantitative estimate of drug-likeness (QED) is 0.739. The normalized spacial score (nSPS) is 16.0. The highest BCUT2D eigenvalue weighted by Crippen LogP contribution is 2.49. The summed E-state index contributed by atoms with van der Waals surface area (Å²) in [5.41, 5.74) is 1.58. The van der Waals surface area contributed by atoms with E-state index in [1.54, 1.807) is 25.1 Å². The van der Waals surface area contributed by atoms with E-state index < -0.39 is 11.5 Å². The summed E-state index contributed by atoms with van der Waals surface area (Å²) in [6, 6.07) is 13.7. The fourth-order valence-electron chi connectivity index (χ4n) is 3.33. The molecule has 27 heavy (non-hydrogen) atoms. The summed E-state index contributed by atoms with van der Waals surface area (Å²) in [5, 5.41) is 6.93. The van der Waals surface area contributed by atoms with Crippen molar-refractivity contribution in [2.45, 2.75) is 38.1 Å². The van der Waals surface area contributed by atoms with Crippen LogP contribution in [-0.4, -0.2) is 16.0 Å². The van der Waals surface area contributed by atoms with Crippen molar-refractivity contribution in [1.29, 1.82) is 0 Å². The van der Waals surface area contributed by atoms with Gasteiger partial charge < -0.3 is 9.84 Å². The molecule has 3 aromatic rings. The minimum Gasteiger partial charge on any atom is -0.344 e. The molecule has 1 aromatic heterocycles. The van der Waals surface area contributed by atoms with Gasteiger partial charge in [0.05, 0.1) is 5.41 Å². The van der Waals surface area contributed by atoms with Crippen molar-refractivity contribution in [3.63, 3.8) is 0 Å². The van der Waals surface area contributed by atoms with Gasteiger partial charge in [-0.15, -0.1) is 0 Å². The van der Waals surface area contributed by atoms with Crippen LogP contribution in [0.25, 0.3) is 11.4 Å². The molecule has 1 atom stereocenters. The molecule has 0 unspecified atom stereocenters. The van der Waals surface area contributed by atoms with Crippen molar-refractivity contribution in [2.75, 3.05) is 0 Å². The first-order valence-electron chi connectivity index (χ1n) is 8.97. The summed E-state index contributed by atoms with van der Waals surface area (Å²) in [5.74, 6) is 0.249. The van der Waals surface area contributed by atoms with Gasteiger partial charge in [-0.2, -0.15) is 4.98 Å². The third-order valence-corrected chi connectivity index (χ3v) is 5.12. The molecule has 1 aliphatic carbocycles. The number of aryl methyl sites for hydroxylation is 1. The number of benzene rings is 2. The summed E-state index contributed by atoms with van der Waals surface area (Å²) >= 11 is 0. The van der Waals surface area contributed by atoms with Crippen LogP contribution < -0.4 is 5.32 Å². The lowest BCUT2D eigenvalue weighted by molar-refractivity contribution is -0.124. The van der Waals surface area contributed by atoms with Crippen LogP contribution in [0.3, 0.4) is 0 Å². The molecule has 1 saturated carbocycles. The fraction of sp³-hybridized carbons (Fsp3) is 0.286. The number of carbonyl (C=O) groups is 1. The van der Waals surface area contributed by atoms with Gasteiger partial charge in [-0.05, 0) is 38.3 Å². The van der Waals surface area contributed by atoms with Crippen molar-refractivity contribution in [1.82, 2.24) is 15.5 Å². The second kappa shape index (κ2) is 6.61. The van der Waals surface area contributed by atoms with Crippen LogP contribution in [0, 0.1) is 12.7 Å². The average molecular weight is 365 g/mol. The van der Waals surface area contributed by atoms with E-state index in [4.69, 9.17) is 4.52 Å². The highest BCUT2D eigenvalue weighted by molar-refractivity contribution is 5.91. The predicted octanol–water partition coefficient (Wildman–Crippen LogP) is 4.09. The van der Waals surface area contributed by atoms with Gasteiger partial charge in [0.2, 0.25) is 17.6 Å². The number of amides is 1. The molecule has 0 saturated heterocycles. The summed E-state index contributed by atoms with van der Waals surface area (Å²) < 4.78 is 19.5. The molecule has 0 aliphatic heterocycles. The van der Waals surface area contributed by atoms with Gasteiger partial charge in [-0.1, -0.05) is 47.6 Å². The molecular weight excluding hydrogens is 345 g/mol. The Labute approximate surface area is 156 Å². The minimum absolute atomic E-state index is 0.212. The number of hydrogen-bond donors (Lipinski definition) is 1. The molecule has 1 amide bonds. The number of hydrogen-bond acceptors (Lipinski definition) is 4. The maximum absolute atomic E-state index is 14.2. The van der Waals surface area contributed by atoms with Gasteiger partial charge >= 0.3 is 0 Å².